The van der Waals surface area contributed by atoms with Crippen LogP contribution in [0.15, 0.2) is 54.6 Å². The van der Waals surface area contributed by atoms with E-state index in [1.807, 2.05) is 23.1 Å². The molecule has 2 aromatic carbocycles. The third-order valence-electron chi connectivity index (χ3n) is 4.37. The molecule has 0 aromatic heterocycles. The number of hydrogen-bond donors (Lipinski definition) is 1. The van der Waals surface area contributed by atoms with Crippen molar-refractivity contribution in [2.75, 3.05) is 25.4 Å². The van der Waals surface area contributed by atoms with Gasteiger partial charge in [-0.15, -0.1) is 12.4 Å². The molecule has 1 fully saturated rings. The first-order chi connectivity index (χ1) is 11.7. The fourth-order valence-electron chi connectivity index (χ4n) is 3.07. The third-order valence-corrected chi connectivity index (χ3v) is 4.37. The largest absolute Gasteiger partial charge is 0.399 e. The van der Waals surface area contributed by atoms with E-state index in [2.05, 4.69) is 24.3 Å². The van der Waals surface area contributed by atoms with Gasteiger partial charge >= 0.3 is 0 Å². The van der Waals surface area contributed by atoms with Gasteiger partial charge in [-0.3, -0.25) is 4.79 Å². The summed E-state index contributed by atoms with van der Waals surface area (Å²) < 4.78 is 5.95. The molecule has 1 amide bonds. The van der Waals surface area contributed by atoms with Crippen LogP contribution in [0.4, 0.5) is 5.69 Å². The summed E-state index contributed by atoms with van der Waals surface area (Å²) in [7, 11) is 0. The molecule has 2 aromatic rings. The Labute approximate surface area is 155 Å². The first-order valence-corrected chi connectivity index (χ1v) is 8.53. The van der Waals surface area contributed by atoms with Crippen LogP contribution in [0.1, 0.15) is 28.8 Å². The first-order valence-electron chi connectivity index (χ1n) is 8.53. The molecule has 1 aliphatic rings. The molecule has 1 atom stereocenters. The molecule has 1 aliphatic heterocycles. The fraction of sp³-hybridized carbons (Fsp3) is 0.350. The quantitative estimate of drug-likeness (QED) is 0.633. The average Bonchev–Trinajstić information content (AvgIpc) is 3.08. The summed E-state index contributed by atoms with van der Waals surface area (Å²) >= 11 is 0. The molecule has 4 nitrogen and oxygen atoms in total. The lowest BCUT2D eigenvalue weighted by Gasteiger charge is -2.17. The lowest BCUT2D eigenvalue weighted by atomic mass is 10.1. The molecule has 1 heterocycles. The monoisotopic (exact) mass is 360 g/mol. The van der Waals surface area contributed by atoms with Gasteiger partial charge < -0.3 is 15.4 Å². The van der Waals surface area contributed by atoms with Crippen LogP contribution in [-0.2, 0) is 11.2 Å². The molecular formula is C20H25ClN2O2. The third kappa shape index (κ3) is 5.48. The van der Waals surface area contributed by atoms with Gasteiger partial charge in [0, 0.05) is 30.9 Å². The highest BCUT2D eigenvalue weighted by atomic mass is 35.5. The summed E-state index contributed by atoms with van der Waals surface area (Å²) in [4.78, 5) is 14.3. The molecule has 1 unspecified atom stereocenters. The van der Waals surface area contributed by atoms with Gasteiger partial charge in [0.05, 0.1) is 6.10 Å². The Morgan fingerprint density at radius 1 is 1.16 bits per heavy atom. The van der Waals surface area contributed by atoms with Crippen LogP contribution in [0.5, 0.6) is 0 Å². The van der Waals surface area contributed by atoms with Gasteiger partial charge in [0.25, 0.3) is 5.91 Å². The van der Waals surface area contributed by atoms with Crippen LogP contribution >= 0.6 is 12.4 Å². The zero-order valence-electron chi connectivity index (χ0n) is 14.3. The van der Waals surface area contributed by atoms with Crippen LogP contribution in [0.3, 0.4) is 0 Å². The Balaban J connectivity index is 0.00000225. The van der Waals surface area contributed by atoms with Gasteiger partial charge in [-0.2, -0.15) is 0 Å². The highest BCUT2D eigenvalue weighted by Crippen LogP contribution is 2.17. The molecule has 0 spiro atoms. The SMILES string of the molecule is Cl.Nc1cccc(C(=O)N2CCC(OCCCc3ccccc3)C2)c1. The van der Waals surface area contributed by atoms with Crippen molar-refractivity contribution in [2.45, 2.75) is 25.4 Å². The van der Waals surface area contributed by atoms with Gasteiger partial charge in [-0.05, 0) is 43.0 Å². The van der Waals surface area contributed by atoms with Gasteiger partial charge in [0.15, 0.2) is 0 Å². The van der Waals surface area contributed by atoms with Crippen molar-refractivity contribution in [1.82, 2.24) is 4.90 Å². The summed E-state index contributed by atoms with van der Waals surface area (Å²) in [5, 5.41) is 0. The molecule has 1 saturated heterocycles. The maximum atomic E-state index is 12.5. The van der Waals surface area contributed by atoms with Gasteiger partial charge in [-0.25, -0.2) is 0 Å². The summed E-state index contributed by atoms with van der Waals surface area (Å²) in [6, 6.07) is 17.6. The number of nitrogen functional groups attached to an aromatic ring is 1. The maximum absolute atomic E-state index is 12.5. The number of amides is 1. The summed E-state index contributed by atoms with van der Waals surface area (Å²) in [5.41, 5.74) is 8.37. The highest BCUT2D eigenvalue weighted by Gasteiger charge is 2.27. The van der Waals surface area contributed by atoms with Crippen molar-refractivity contribution >= 4 is 24.0 Å². The van der Waals surface area contributed by atoms with Crippen molar-refractivity contribution in [2.24, 2.45) is 0 Å². The number of ether oxygens (including phenoxy) is 1. The van der Waals surface area contributed by atoms with Crippen molar-refractivity contribution < 1.29 is 9.53 Å². The Morgan fingerprint density at radius 2 is 1.96 bits per heavy atom. The minimum absolute atomic E-state index is 0. The minimum Gasteiger partial charge on any atom is -0.399 e. The number of hydrogen-bond acceptors (Lipinski definition) is 3. The lowest BCUT2D eigenvalue weighted by molar-refractivity contribution is 0.0525. The van der Waals surface area contributed by atoms with Crippen molar-refractivity contribution in [3.05, 3.63) is 65.7 Å². The Morgan fingerprint density at radius 3 is 2.72 bits per heavy atom. The molecule has 0 bridgehead atoms. The minimum atomic E-state index is 0. The molecule has 25 heavy (non-hydrogen) atoms. The van der Waals surface area contributed by atoms with Crippen molar-refractivity contribution in [3.63, 3.8) is 0 Å². The molecular weight excluding hydrogens is 336 g/mol. The predicted octanol–water partition coefficient (Wildman–Crippen LogP) is 3.55. The summed E-state index contributed by atoms with van der Waals surface area (Å²) in [5.74, 6) is 0.0395. The van der Waals surface area contributed by atoms with Crippen LogP contribution < -0.4 is 5.73 Å². The Hall–Kier alpha value is -2.04. The van der Waals surface area contributed by atoms with Crippen molar-refractivity contribution in [3.8, 4) is 0 Å². The number of anilines is 1. The zero-order valence-corrected chi connectivity index (χ0v) is 15.1. The van der Waals surface area contributed by atoms with E-state index in [4.69, 9.17) is 10.5 Å². The van der Waals surface area contributed by atoms with Crippen LogP contribution in [-0.4, -0.2) is 36.6 Å². The molecule has 134 valence electrons. The molecule has 3 rings (SSSR count). The summed E-state index contributed by atoms with van der Waals surface area (Å²) in [6.07, 6.45) is 3.08. The zero-order chi connectivity index (χ0) is 16.8. The van der Waals surface area contributed by atoms with Crippen LogP contribution in [0, 0.1) is 0 Å². The smallest absolute Gasteiger partial charge is 0.254 e. The molecule has 0 radical (unpaired) electrons. The molecule has 0 aliphatic carbocycles. The number of halogens is 1. The number of aryl methyl sites for hydroxylation is 1. The topological polar surface area (TPSA) is 55.6 Å². The van der Waals surface area contributed by atoms with E-state index >= 15 is 0 Å². The predicted molar refractivity (Wildman–Crippen MR) is 103 cm³/mol. The molecule has 2 N–H and O–H groups in total. The molecule has 5 heteroatoms. The number of nitrogens with zero attached hydrogens (tertiary/aromatic N) is 1. The second-order valence-electron chi connectivity index (χ2n) is 6.25. The number of carbonyl (C=O) groups excluding carboxylic acids is 1. The molecule has 0 saturated carbocycles. The number of carbonyl (C=O) groups is 1. The van der Waals surface area contributed by atoms with E-state index in [0.29, 0.717) is 17.8 Å². The fourth-order valence-corrected chi connectivity index (χ4v) is 3.07. The number of likely N-dealkylation sites (tertiary alicyclic amines) is 1. The van der Waals surface area contributed by atoms with Crippen LogP contribution in [0.25, 0.3) is 0 Å². The standard InChI is InChI=1S/C20H24N2O2.ClH/c21-18-10-4-9-17(14-18)20(23)22-12-11-19(15-22)24-13-5-8-16-6-2-1-3-7-16;/h1-4,6-7,9-10,14,19H,5,8,11-13,15,21H2;1H. The van der Waals surface area contributed by atoms with Gasteiger partial charge in [0.2, 0.25) is 0 Å². The second kappa shape index (κ2) is 9.44. The van der Waals surface area contributed by atoms with E-state index in [0.717, 1.165) is 32.4 Å². The average molecular weight is 361 g/mol. The summed E-state index contributed by atoms with van der Waals surface area (Å²) in [6.45, 7) is 2.15. The van der Waals surface area contributed by atoms with E-state index in [1.165, 1.54) is 5.56 Å². The highest BCUT2D eigenvalue weighted by molar-refractivity contribution is 5.95. The number of benzene rings is 2. The number of rotatable bonds is 6. The second-order valence-corrected chi connectivity index (χ2v) is 6.25. The van der Waals surface area contributed by atoms with Gasteiger partial charge in [0.1, 0.15) is 0 Å². The normalized spacial score (nSPS) is 16.5. The van der Waals surface area contributed by atoms with E-state index in [-0.39, 0.29) is 24.4 Å². The lowest BCUT2D eigenvalue weighted by Crippen LogP contribution is -2.30. The first kappa shape index (κ1) is 19.3. The van der Waals surface area contributed by atoms with E-state index in [9.17, 15) is 4.79 Å². The van der Waals surface area contributed by atoms with Crippen LogP contribution in [0.2, 0.25) is 0 Å². The van der Waals surface area contributed by atoms with E-state index < -0.39 is 0 Å². The van der Waals surface area contributed by atoms with Gasteiger partial charge in [-0.1, -0.05) is 36.4 Å². The van der Waals surface area contributed by atoms with Crippen molar-refractivity contribution in [1.29, 1.82) is 0 Å². The van der Waals surface area contributed by atoms with E-state index in [1.54, 1.807) is 12.1 Å². The maximum Gasteiger partial charge on any atom is 0.254 e. The number of nitrogens with two attached hydrogens (primary N) is 1. The Kier molecular flexibility index (Phi) is 7.29. The Bertz CT molecular complexity index is 678.